The van der Waals surface area contributed by atoms with E-state index < -0.39 is 10.0 Å². The van der Waals surface area contributed by atoms with E-state index in [0.717, 1.165) is 24.1 Å². The molecular weight excluding hydrogens is 264 g/mol. The Kier molecular flexibility index (Phi) is 4.57. The molecule has 1 aliphatic heterocycles. The molecule has 0 unspecified atom stereocenters. The Hall–Kier alpha value is -0.950. The van der Waals surface area contributed by atoms with E-state index in [1.54, 1.807) is 12.1 Å². The van der Waals surface area contributed by atoms with Crippen molar-refractivity contribution in [2.45, 2.75) is 31.3 Å². The van der Waals surface area contributed by atoms with E-state index in [4.69, 9.17) is 5.11 Å². The van der Waals surface area contributed by atoms with Crippen LogP contribution >= 0.6 is 0 Å². The number of nitrogens with zero attached hydrogens (tertiary/aromatic N) is 1. The van der Waals surface area contributed by atoms with Gasteiger partial charge in [-0.1, -0.05) is 13.0 Å². The van der Waals surface area contributed by atoms with Crippen molar-refractivity contribution in [3.8, 4) is 0 Å². The van der Waals surface area contributed by atoms with Gasteiger partial charge in [0.2, 0.25) is 10.0 Å². The van der Waals surface area contributed by atoms with Crippen LogP contribution in [0, 0.1) is 0 Å². The zero-order chi connectivity index (χ0) is 13.9. The molecule has 0 aliphatic carbocycles. The Morgan fingerprint density at radius 1 is 1.26 bits per heavy atom. The van der Waals surface area contributed by atoms with Crippen LogP contribution in [-0.2, 0) is 23.1 Å². The normalized spacial score (nSPS) is 14.9. The zero-order valence-corrected chi connectivity index (χ0v) is 11.9. The predicted octanol–water partition coefficient (Wildman–Crippen LogP) is 0.683. The molecule has 1 aromatic rings. The predicted molar refractivity (Wildman–Crippen MR) is 73.1 cm³/mol. The van der Waals surface area contributed by atoms with E-state index in [1.165, 1.54) is 4.31 Å². The monoisotopic (exact) mass is 284 g/mol. The topological polar surface area (TPSA) is 69.6 Å². The number of rotatable bonds is 6. The Morgan fingerprint density at radius 2 is 2.00 bits per heavy atom. The maximum atomic E-state index is 12.5. The number of hydrogen-bond donors (Lipinski definition) is 2. The molecule has 0 atom stereocenters. The summed E-state index contributed by atoms with van der Waals surface area (Å²) < 4.78 is 26.4. The van der Waals surface area contributed by atoms with Crippen molar-refractivity contribution in [3.05, 3.63) is 29.3 Å². The molecule has 0 radical (unpaired) electrons. The summed E-state index contributed by atoms with van der Waals surface area (Å²) in [5, 5.41) is 12.2. The summed E-state index contributed by atoms with van der Waals surface area (Å²) in [5.41, 5.74) is 2.20. The number of aliphatic hydroxyl groups excluding tert-OH is 1. The molecule has 0 amide bonds. The molecule has 106 valence electrons. The van der Waals surface area contributed by atoms with E-state index in [0.29, 0.717) is 18.0 Å². The van der Waals surface area contributed by atoms with Crippen molar-refractivity contribution in [3.63, 3.8) is 0 Å². The third-order valence-corrected chi connectivity index (χ3v) is 5.16. The lowest BCUT2D eigenvalue weighted by Crippen LogP contribution is -2.34. The molecular formula is C13H20N2O3S. The third kappa shape index (κ3) is 2.97. The summed E-state index contributed by atoms with van der Waals surface area (Å²) in [7, 11) is -3.50. The highest BCUT2D eigenvalue weighted by Gasteiger charge is 2.24. The highest BCUT2D eigenvalue weighted by Crippen LogP contribution is 2.22. The van der Waals surface area contributed by atoms with Gasteiger partial charge in [-0.3, -0.25) is 0 Å². The fourth-order valence-electron chi connectivity index (χ4n) is 2.29. The van der Waals surface area contributed by atoms with E-state index >= 15 is 0 Å². The van der Waals surface area contributed by atoms with Crippen molar-refractivity contribution in [2.75, 3.05) is 19.7 Å². The highest BCUT2D eigenvalue weighted by molar-refractivity contribution is 7.89. The lowest BCUT2D eigenvalue weighted by molar-refractivity contribution is 0.253. The van der Waals surface area contributed by atoms with Gasteiger partial charge >= 0.3 is 0 Å². The van der Waals surface area contributed by atoms with Crippen LogP contribution in [0.4, 0.5) is 0 Å². The van der Waals surface area contributed by atoms with Gasteiger partial charge in [0.1, 0.15) is 0 Å². The van der Waals surface area contributed by atoms with Crippen LogP contribution < -0.4 is 5.32 Å². The Morgan fingerprint density at radius 3 is 2.68 bits per heavy atom. The molecule has 2 rings (SSSR count). The average molecular weight is 284 g/mol. The molecule has 0 spiro atoms. The minimum Gasteiger partial charge on any atom is -0.395 e. The minimum atomic E-state index is -3.50. The molecule has 1 heterocycles. The summed E-state index contributed by atoms with van der Waals surface area (Å²) in [4.78, 5) is 0.317. The number of hydrogen-bond acceptors (Lipinski definition) is 4. The van der Waals surface area contributed by atoms with Gasteiger partial charge in [-0.25, -0.2) is 8.42 Å². The average Bonchev–Trinajstić information content (AvgIpc) is 2.85. The molecule has 2 N–H and O–H groups in total. The molecule has 1 aromatic carbocycles. The summed E-state index contributed by atoms with van der Waals surface area (Å²) in [5.74, 6) is 0. The molecule has 19 heavy (non-hydrogen) atoms. The molecule has 0 saturated heterocycles. The third-order valence-electron chi connectivity index (χ3n) is 3.27. The standard InChI is InChI=1S/C13H20N2O3S/c1-2-5-15(6-7-16)19(17,18)13-4-3-11-9-14-10-12(11)8-13/h3-4,8,14,16H,2,5-7,9-10H2,1H3. The number of sulfonamides is 1. The smallest absolute Gasteiger partial charge is 0.243 e. The lowest BCUT2D eigenvalue weighted by atomic mass is 10.1. The molecule has 5 nitrogen and oxygen atoms in total. The summed E-state index contributed by atoms with van der Waals surface area (Å²) in [6.07, 6.45) is 0.728. The largest absolute Gasteiger partial charge is 0.395 e. The van der Waals surface area contributed by atoms with Crippen molar-refractivity contribution >= 4 is 10.0 Å². The molecule has 1 aliphatic rings. The summed E-state index contributed by atoms with van der Waals surface area (Å²) in [6.45, 7) is 3.85. The van der Waals surface area contributed by atoms with E-state index in [1.807, 2.05) is 13.0 Å². The molecule has 0 aromatic heterocycles. The van der Waals surface area contributed by atoms with Crippen LogP contribution in [0.15, 0.2) is 23.1 Å². The van der Waals surface area contributed by atoms with Crippen molar-refractivity contribution in [1.82, 2.24) is 9.62 Å². The zero-order valence-electron chi connectivity index (χ0n) is 11.1. The first-order chi connectivity index (χ1) is 9.09. The van der Waals surface area contributed by atoms with Gasteiger partial charge in [-0.05, 0) is 29.7 Å². The Labute approximate surface area is 114 Å². The first kappa shape index (κ1) is 14.5. The number of fused-ring (bicyclic) bond motifs is 1. The quantitative estimate of drug-likeness (QED) is 0.806. The molecule has 0 bridgehead atoms. The van der Waals surface area contributed by atoms with Gasteiger partial charge in [0, 0.05) is 26.2 Å². The van der Waals surface area contributed by atoms with Gasteiger partial charge in [-0.15, -0.1) is 0 Å². The fourth-order valence-corrected chi connectivity index (χ4v) is 3.87. The lowest BCUT2D eigenvalue weighted by Gasteiger charge is -2.21. The SMILES string of the molecule is CCCN(CCO)S(=O)(=O)c1ccc2c(c1)CNC2. The summed E-state index contributed by atoms with van der Waals surface area (Å²) >= 11 is 0. The van der Waals surface area contributed by atoms with E-state index in [9.17, 15) is 8.42 Å². The van der Waals surface area contributed by atoms with E-state index in [-0.39, 0.29) is 13.2 Å². The van der Waals surface area contributed by atoms with Crippen LogP contribution in [0.2, 0.25) is 0 Å². The number of benzene rings is 1. The summed E-state index contributed by atoms with van der Waals surface area (Å²) in [6, 6.07) is 5.26. The van der Waals surface area contributed by atoms with Gasteiger partial charge in [0.05, 0.1) is 11.5 Å². The fraction of sp³-hybridized carbons (Fsp3) is 0.538. The second-order valence-electron chi connectivity index (χ2n) is 4.66. The Balaban J connectivity index is 2.32. The van der Waals surface area contributed by atoms with Crippen LogP contribution in [0.1, 0.15) is 24.5 Å². The highest BCUT2D eigenvalue weighted by atomic mass is 32.2. The molecule has 6 heteroatoms. The van der Waals surface area contributed by atoms with Crippen LogP contribution in [-0.4, -0.2) is 37.5 Å². The first-order valence-electron chi connectivity index (χ1n) is 6.53. The van der Waals surface area contributed by atoms with E-state index in [2.05, 4.69) is 5.32 Å². The Bertz CT molecular complexity index is 537. The van der Waals surface area contributed by atoms with Gasteiger partial charge in [0.25, 0.3) is 0 Å². The maximum Gasteiger partial charge on any atom is 0.243 e. The number of aliphatic hydroxyl groups is 1. The van der Waals surface area contributed by atoms with Gasteiger partial charge in [-0.2, -0.15) is 4.31 Å². The number of nitrogens with one attached hydrogen (secondary N) is 1. The first-order valence-corrected chi connectivity index (χ1v) is 7.97. The van der Waals surface area contributed by atoms with Crippen molar-refractivity contribution in [1.29, 1.82) is 0 Å². The van der Waals surface area contributed by atoms with Gasteiger partial charge < -0.3 is 10.4 Å². The van der Waals surface area contributed by atoms with Crippen LogP contribution in [0.3, 0.4) is 0 Å². The second kappa shape index (κ2) is 6.00. The van der Waals surface area contributed by atoms with Crippen LogP contribution in [0.5, 0.6) is 0 Å². The van der Waals surface area contributed by atoms with Gasteiger partial charge in [0.15, 0.2) is 0 Å². The maximum absolute atomic E-state index is 12.5. The van der Waals surface area contributed by atoms with Crippen molar-refractivity contribution in [2.24, 2.45) is 0 Å². The second-order valence-corrected chi connectivity index (χ2v) is 6.60. The molecule has 0 saturated carbocycles. The van der Waals surface area contributed by atoms with Crippen LogP contribution in [0.25, 0.3) is 0 Å². The minimum absolute atomic E-state index is 0.144. The molecule has 0 fully saturated rings. The van der Waals surface area contributed by atoms with Crippen molar-refractivity contribution < 1.29 is 13.5 Å².